The highest BCUT2D eigenvalue weighted by Gasteiger charge is 2.16. The highest BCUT2D eigenvalue weighted by atomic mass is 32.1. The van der Waals surface area contributed by atoms with Crippen LogP contribution in [-0.2, 0) is 6.42 Å². The number of thiophene rings is 1. The minimum Gasteiger partial charge on any atom is -0.388 e. The summed E-state index contributed by atoms with van der Waals surface area (Å²) in [5.41, 5.74) is 2.01. The summed E-state index contributed by atoms with van der Waals surface area (Å²) >= 11 is 1.65. The first-order valence-electron chi connectivity index (χ1n) is 6.55. The number of hydrogen-bond acceptors (Lipinski definition) is 2. The van der Waals surface area contributed by atoms with Crippen LogP contribution in [0.1, 0.15) is 22.8 Å². The van der Waals surface area contributed by atoms with Gasteiger partial charge in [0.1, 0.15) is 5.82 Å². The average Bonchev–Trinajstić information content (AvgIpc) is 2.85. The Labute approximate surface area is 121 Å². The molecule has 102 valence electrons. The fourth-order valence-corrected chi connectivity index (χ4v) is 3.41. The number of hydrogen-bond donors (Lipinski definition) is 1. The molecule has 0 saturated carbocycles. The van der Waals surface area contributed by atoms with E-state index in [1.807, 2.05) is 23.6 Å². The minimum atomic E-state index is -0.812. The first-order valence-corrected chi connectivity index (χ1v) is 7.43. The zero-order chi connectivity index (χ0) is 14.1. The zero-order valence-electron chi connectivity index (χ0n) is 11.1. The Morgan fingerprint density at radius 1 is 1.15 bits per heavy atom. The fourth-order valence-electron chi connectivity index (χ4n) is 2.44. The molecular formula is C17H15FOS. The van der Waals surface area contributed by atoms with Crippen molar-refractivity contribution >= 4 is 21.4 Å². The lowest BCUT2D eigenvalue weighted by Crippen LogP contribution is -2.05. The standard InChI is InChI=1S/C17H15FOS/c1-11-5-4-7-14(17(11)18)15(19)9-12-10-20-16-8-3-2-6-13(12)16/h2-8,10,15,19H,9H2,1H3. The van der Waals surface area contributed by atoms with Gasteiger partial charge in [-0.1, -0.05) is 36.4 Å². The van der Waals surface area contributed by atoms with Crippen LogP contribution in [0.5, 0.6) is 0 Å². The summed E-state index contributed by atoms with van der Waals surface area (Å²) in [6.45, 7) is 1.71. The van der Waals surface area contributed by atoms with Crippen LogP contribution in [0.4, 0.5) is 4.39 Å². The molecule has 1 nitrogen and oxygen atoms in total. The molecule has 0 radical (unpaired) electrons. The van der Waals surface area contributed by atoms with Crippen molar-refractivity contribution in [3.05, 3.63) is 70.4 Å². The largest absolute Gasteiger partial charge is 0.388 e. The monoisotopic (exact) mass is 286 g/mol. The average molecular weight is 286 g/mol. The molecule has 3 rings (SSSR count). The predicted octanol–water partition coefficient (Wildman–Crippen LogP) is 4.62. The third kappa shape index (κ3) is 2.35. The maximum absolute atomic E-state index is 14.0. The van der Waals surface area contributed by atoms with Gasteiger partial charge in [-0.3, -0.25) is 0 Å². The van der Waals surface area contributed by atoms with Gasteiger partial charge in [-0.15, -0.1) is 11.3 Å². The van der Waals surface area contributed by atoms with Crippen molar-refractivity contribution in [3.8, 4) is 0 Å². The fraction of sp³-hybridized carbons (Fsp3) is 0.176. The lowest BCUT2D eigenvalue weighted by Gasteiger charge is -2.12. The van der Waals surface area contributed by atoms with Gasteiger partial charge in [-0.2, -0.15) is 0 Å². The normalized spacial score (nSPS) is 12.8. The molecule has 0 aliphatic carbocycles. The predicted molar refractivity (Wildman–Crippen MR) is 81.6 cm³/mol. The van der Waals surface area contributed by atoms with Crippen LogP contribution < -0.4 is 0 Å². The second kappa shape index (κ2) is 5.35. The van der Waals surface area contributed by atoms with Crippen molar-refractivity contribution in [3.63, 3.8) is 0 Å². The number of benzene rings is 2. The minimum absolute atomic E-state index is 0.306. The maximum Gasteiger partial charge on any atom is 0.131 e. The van der Waals surface area contributed by atoms with Gasteiger partial charge in [-0.25, -0.2) is 4.39 Å². The Kier molecular flexibility index (Phi) is 3.55. The Bertz CT molecular complexity index is 748. The van der Waals surface area contributed by atoms with E-state index in [9.17, 15) is 9.50 Å². The van der Waals surface area contributed by atoms with E-state index >= 15 is 0 Å². The van der Waals surface area contributed by atoms with E-state index in [0.29, 0.717) is 17.5 Å². The molecule has 0 saturated heterocycles. The molecule has 20 heavy (non-hydrogen) atoms. The smallest absolute Gasteiger partial charge is 0.131 e. The van der Waals surface area contributed by atoms with Crippen LogP contribution in [0.3, 0.4) is 0 Å². The van der Waals surface area contributed by atoms with Crippen molar-refractivity contribution in [1.82, 2.24) is 0 Å². The number of halogens is 1. The van der Waals surface area contributed by atoms with Gasteiger partial charge in [0.25, 0.3) is 0 Å². The SMILES string of the molecule is Cc1cccc(C(O)Cc2csc3ccccc23)c1F. The third-order valence-electron chi connectivity index (χ3n) is 3.56. The third-order valence-corrected chi connectivity index (χ3v) is 4.57. The molecule has 0 aliphatic heterocycles. The molecule has 3 aromatic rings. The molecule has 0 bridgehead atoms. The number of fused-ring (bicyclic) bond motifs is 1. The van der Waals surface area contributed by atoms with E-state index in [1.54, 1.807) is 36.5 Å². The van der Waals surface area contributed by atoms with E-state index in [-0.39, 0.29) is 5.82 Å². The van der Waals surface area contributed by atoms with Crippen molar-refractivity contribution in [2.45, 2.75) is 19.4 Å². The topological polar surface area (TPSA) is 20.2 Å². The lowest BCUT2D eigenvalue weighted by atomic mass is 9.99. The van der Waals surface area contributed by atoms with Crippen molar-refractivity contribution in [2.75, 3.05) is 0 Å². The van der Waals surface area contributed by atoms with Crippen molar-refractivity contribution in [1.29, 1.82) is 0 Å². The van der Waals surface area contributed by atoms with E-state index in [4.69, 9.17) is 0 Å². The molecule has 0 aliphatic rings. The quantitative estimate of drug-likeness (QED) is 0.744. The second-order valence-corrected chi connectivity index (χ2v) is 5.87. The molecule has 0 fully saturated rings. The lowest BCUT2D eigenvalue weighted by molar-refractivity contribution is 0.174. The van der Waals surface area contributed by atoms with E-state index in [1.165, 1.54) is 4.70 Å². The molecule has 1 atom stereocenters. The van der Waals surface area contributed by atoms with Gasteiger partial charge in [0.15, 0.2) is 0 Å². The van der Waals surface area contributed by atoms with Gasteiger partial charge < -0.3 is 5.11 Å². The van der Waals surface area contributed by atoms with Gasteiger partial charge in [0.05, 0.1) is 6.10 Å². The maximum atomic E-state index is 14.0. The highest BCUT2D eigenvalue weighted by molar-refractivity contribution is 7.17. The van der Waals surface area contributed by atoms with Gasteiger partial charge >= 0.3 is 0 Å². The number of rotatable bonds is 3. The molecule has 2 aromatic carbocycles. The second-order valence-electron chi connectivity index (χ2n) is 4.96. The van der Waals surface area contributed by atoms with Crippen LogP contribution in [0.2, 0.25) is 0 Å². The first kappa shape index (κ1) is 13.3. The highest BCUT2D eigenvalue weighted by Crippen LogP contribution is 2.30. The van der Waals surface area contributed by atoms with Crippen molar-refractivity contribution in [2.24, 2.45) is 0 Å². The number of aliphatic hydroxyl groups is 1. The molecule has 1 unspecified atom stereocenters. The Balaban J connectivity index is 1.92. The molecule has 1 N–H and O–H groups in total. The molecular weight excluding hydrogens is 271 g/mol. The summed E-state index contributed by atoms with van der Waals surface area (Å²) in [6, 6.07) is 13.2. The van der Waals surface area contributed by atoms with Gasteiger partial charge in [-0.05, 0) is 34.9 Å². The summed E-state index contributed by atoms with van der Waals surface area (Å²) in [6.07, 6.45) is -0.377. The first-order chi connectivity index (χ1) is 9.66. The summed E-state index contributed by atoms with van der Waals surface area (Å²) in [5, 5.41) is 13.5. The summed E-state index contributed by atoms with van der Waals surface area (Å²) in [7, 11) is 0. The number of aryl methyl sites for hydroxylation is 1. The Hall–Kier alpha value is -1.71. The Morgan fingerprint density at radius 3 is 2.80 bits per heavy atom. The molecule has 0 spiro atoms. The molecule has 1 heterocycles. The van der Waals surface area contributed by atoms with Crippen LogP contribution in [-0.4, -0.2) is 5.11 Å². The van der Waals surface area contributed by atoms with E-state index < -0.39 is 6.10 Å². The van der Waals surface area contributed by atoms with Crippen LogP contribution >= 0.6 is 11.3 Å². The van der Waals surface area contributed by atoms with E-state index in [2.05, 4.69) is 6.07 Å². The van der Waals surface area contributed by atoms with Crippen LogP contribution in [0, 0.1) is 12.7 Å². The summed E-state index contributed by atoms with van der Waals surface area (Å²) in [4.78, 5) is 0. The van der Waals surface area contributed by atoms with Crippen LogP contribution in [0.15, 0.2) is 47.8 Å². The van der Waals surface area contributed by atoms with Crippen LogP contribution in [0.25, 0.3) is 10.1 Å². The molecule has 1 aromatic heterocycles. The molecule has 0 amide bonds. The van der Waals surface area contributed by atoms with E-state index in [0.717, 1.165) is 10.9 Å². The zero-order valence-corrected chi connectivity index (χ0v) is 12.0. The van der Waals surface area contributed by atoms with Crippen molar-refractivity contribution < 1.29 is 9.50 Å². The Morgan fingerprint density at radius 2 is 1.95 bits per heavy atom. The summed E-state index contributed by atoms with van der Waals surface area (Å²) < 4.78 is 15.2. The number of aliphatic hydroxyl groups excluding tert-OH is 1. The molecule has 3 heteroatoms. The van der Waals surface area contributed by atoms with Gasteiger partial charge in [0.2, 0.25) is 0 Å². The summed E-state index contributed by atoms with van der Waals surface area (Å²) in [5.74, 6) is -0.306. The van der Waals surface area contributed by atoms with Gasteiger partial charge in [0, 0.05) is 16.7 Å².